The molecule has 1 aromatic carbocycles. The van der Waals surface area contributed by atoms with E-state index < -0.39 is 5.82 Å². The second kappa shape index (κ2) is 8.96. The number of halogens is 3. The normalized spacial score (nSPS) is 9.68. The van der Waals surface area contributed by atoms with E-state index in [1.54, 1.807) is 11.9 Å². The number of hydrogen-bond donors (Lipinski definition) is 1. The van der Waals surface area contributed by atoms with Crippen molar-refractivity contribution in [1.82, 2.24) is 10.2 Å². The average Bonchev–Trinajstić information content (AvgIpc) is 2.36. The highest BCUT2D eigenvalue weighted by Crippen LogP contribution is 2.20. The summed E-state index contributed by atoms with van der Waals surface area (Å²) in [4.78, 5) is 13.2. The van der Waals surface area contributed by atoms with Gasteiger partial charge in [-0.15, -0.1) is 12.4 Å². The average molecular weight is 311 g/mol. The molecular formula is C12H17Cl2FN2O2. The summed E-state index contributed by atoms with van der Waals surface area (Å²) >= 11 is 5.60. The molecule has 0 saturated carbocycles. The molecule has 0 bridgehead atoms. The van der Waals surface area contributed by atoms with Crippen LogP contribution in [0.5, 0.6) is 5.75 Å². The highest BCUT2D eigenvalue weighted by Gasteiger charge is 2.09. The molecule has 0 radical (unpaired) electrons. The molecular weight excluding hydrogens is 294 g/mol. The van der Waals surface area contributed by atoms with Gasteiger partial charge in [-0.25, -0.2) is 4.39 Å². The second-order valence-electron chi connectivity index (χ2n) is 3.78. The largest absolute Gasteiger partial charge is 0.484 e. The fourth-order valence-corrected chi connectivity index (χ4v) is 1.40. The lowest BCUT2D eigenvalue weighted by atomic mass is 10.3. The molecule has 0 aliphatic rings. The van der Waals surface area contributed by atoms with Crippen LogP contribution >= 0.6 is 24.0 Å². The molecule has 0 spiro atoms. The van der Waals surface area contributed by atoms with Crippen molar-refractivity contribution in [1.29, 1.82) is 0 Å². The Bertz CT molecular complexity index is 419. The van der Waals surface area contributed by atoms with Crippen LogP contribution in [0.25, 0.3) is 0 Å². The minimum atomic E-state index is -0.513. The number of nitrogens with zero attached hydrogens (tertiary/aromatic N) is 1. The lowest BCUT2D eigenvalue weighted by molar-refractivity contribution is -0.131. The Morgan fingerprint density at radius 2 is 2.21 bits per heavy atom. The summed E-state index contributed by atoms with van der Waals surface area (Å²) in [7, 11) is 3.51. The van der Waals surface area contributed by atoms with Gasteiger partial charge in [-0.05, 0) is 19.2 Å². The van der Waals surface area contributed by atoms with E-state index in [1.165, 1.54) is 18.2 Å². The number of carbonyl (C=O) groups excluding carboxylic acids is 1. The van der Waals surface area contributed by atoms with Crippen molar-refractivity contribution >= 4 is 29.9 Å². The zero-order valence-electron chi connectivity index (χ0n) is 10.8. The van der Waals surface area contributed by atoms with Crippen molar-refractivity contribution in [3.8, 4) is 5.75 Å². The third-order valence-electron chi connectivity index (χ3n) is 2.38. The van der Waals surface area contributed by atoms with E-state index in [9.17, 15) is 9.18 Å². The van der Waals surface area contributed by atoms with Gasteiger partial charge in [0.2, 0.25) is 0 Å². The van der Waals surface area contributed by atoms with Gasteiger partial charge in [0, 0.05) is 26.2 Å². The molecule has 0 atom stereocenters. The highest BCUT2D eigenvalue weighted by atomic mass is 35.5. The molecule has 0 unspecified atom stereocenters. The van der Waals surface area contributed by atoms with Crippen LogP contribution < -0.4 is 10.1 Å². The van der Waals surface area contributed by atoms with Crippen molar-refractivity contribution < 1.29 is 13.9 Å². The Labute approximate surface area is 123 Å². The van der Waals surface area contributed by atoms with Crippen LogP contribution in [0.4, 0.5) is 4.39 Å². The summed E-state index contributed by atoms with van der Waals surface area (Å²) in [6.07, 6.45) is 0. The zero-order chi connectivity index (χ0) is 13.5. The number of nitrogens with one attached hydrogen (secondary N) is 1. The Balaban J connectivity index is 0.00000324. The van der Waals surface area contributed by atoms with Crippen LogP contribution in [-0.2, 0) is 4.79 Å². The van der Waals surface area contributed by atoms with Gasteiger partial charge >= 0.3 is 0 Å². The molecule has 0 aliphatic heterocycles. The van der Waals surface area contributed by atoms with Crippen molar-refractivity contribution in [2.75, 3.05) is 33.8 Å². The molecule has 1 amide bonds. The molecule has 0 saturated heterocycles. The molecule has 0 fully saturated rings. The number of benzene rings is 1. The lowest BCUT2D eigenvalue weighted by Gasteiger charge is -2.17. The van der Waals surface area contributed by atoms with E-state index >= 15 is 0 Å². The predicted molar refractivity (Wildman–Crippen MR) is 75.7 cm³/mol. The molecule has 0 aliphatic carbocycles. The van der Waals surface area contributed by atoms with Gasteiger partial charge in [0.05, 0.1) is 5.02 Å². The van der Waals surface area contributed by atoms with Gasteiger partial charge in [-0.3, -0.25) is 4.79 Å². The van der Waals surface area contributed by atoms with Crippen LogP contribution in [0.2, 0.25) is 5.02 Å². The van der Waals surface area contributed by atoms with Gasteiger partial charge in [-0.1, -0.05) is 11.6 Å². The van der Waals surface area contributed by atoms with Crippen molar-refractivity contribution in [2.24, 2.45) is 0 Å². The number of likely N-dealkylation sites (N-methyl/N-ethyl adjacent to an activating group) is 2. The van der Waals surface area contributed by atoms with E-state index in [1.807, 2.05) is 7.05 Å². The molecule has 108 valence electrons. The third-order valence-corrected chi connectivity index (χ3v) is 2.67. The maximum absolute atomic E-state index is 12.9. The summed E-state index contributed by atoms with van der Waals surface area (Å²) in [5.41, 5.74) is 0. The van der Waals surface area contributed by atoms with E-state index in [-0.39, 0.29) is 29.9 Å². The van der Waals surface area contributed by atoms with Crippen LogP contribution in [0.1, 0.15) is 0 Å². The van der Waals surface area contributed by atoms with Crippen LogP contribution in [0.15, 0.2) is 18.2 Å². The summed E-state index contributed by atoms with van der Waals surface area (Å²) < 4.78 is 18.1. The van der Waals surface area contributed by atoms with Gasteiger partial charge in [0.25, 0.3) is 5.91 Å². The smallest absolute Gasteiger partial charge is 0.260 e. The summed E-state index contributed by atoms with van der Waals surface area (Å²) in [5.74, 6) is -0.288. The van der Waals surface area contributed by atoms with Crippen molar-refractivity contribution in [3.05, 3.63) is 29.0 Å². The molecule has 1 rings (SSSR count). The summed E-state index contributed by atoms with van der Waals surface area (Å²) in [6, 6.07) is 3.98. The Morgan fingerprint density at radius 3 is 2.79 bits per heavy atom. The van der Waals surface area contributed by atoms with Crippen molar-refractivity contribution in [3.63, 3.8) is 0 Å². The second-order valence-corrected chi connectivity index (χ2v) is 4.19. The van der Waals surface area contributed by atoms with Gasteiger partial charge in [0.15, 0.2) is 6.61 Å². The highest BCUT2D eigenvalue weighted by molar-refractivity contribution is 6.30. The lowest BCUT2D eigenvalue weighted by Crippen LogP contribution is -2.35. The van der Waals surface area contributed by atoms with Crippen LogP contribution in [0, 0.1) is 5.82 Å². The maximum atomic E-state index is 12.9. The Morgan fingerprint density at radius 1 is 1.53 bits per heavy atom. The van der Waals surface area contributed by atoms with E-state index in [0.29, 0.717) is 18.8 Å². The first-order chi connectivity index (χ1) is 8.54. The molecule has 0 aromatic heterocycles. The summed E-state index contributed by atoms with van der Waals surface area (Å²) in [6.45, 7) is 1.22. The zero-order valence-corrected chi connectivity index (χ0v) is 12.4. The van der Waals surface area contributed by atoms with Gasteiger partial charge in [0.1, 0.15) is 11.6 Å². The topological polar surface area (TPSA) is 41.6 Å². The number of hydrogen-bond acceptors (Lipinski definition) is 3. The van der Waals surface area contributed by atoms with Gasteiger partial charge in [-0.2, -0.15) is 0 Å². The molecule has 1 aromatic rings. The monoisotopic (exact) mass is 310 g/mol. The summed E-state index contributed by atoms with van der Waals surface area (Å²) in [5, 5.41) is 2.92. The van der Waals surface area contributed by atoms with Crippen LogP contribution in [-0.4, -0.2) is 44.6 Å². The fourth-order valence-electron chi connectivity index (χ4n) is 1.23. The van der Waals surface area contributed by atoms with Gasteiger partial charge < -0.3 is 15.0 Å². The molecule has 7 heteroatoms. The minimum absolute atomic E-state index is 0. The predicted octanol–water partition coefficient (Wildman–Crippen LogP) is 1.96. The Kier molecular flexibility index (Phi) is 8.47. The molecule has 0 heterocycles. The standard InChI is InChI=1S/C12H16ClFN2O2.ClH/c1-15-5-6-16(2)12(17)8-18-9-3-4-11(14)10(13)7-9;/h3-4,7,15H,5-6,8H2,1-2H3;1H. The van der Waals surface area contributed by atoms with E-state index in [0.717, 1.165) is 0 Å². The first-order valence-corrected chi connectivity index (χ1v) is 5.89. The number of carbonyl (C=O) groups is 1. The third kappa shape index (κ3) is 6.09. The maximum Gasteiger partial charge on any atom is 0.260 e. The number of ether oxygens (including phenoxy) is 1. The molecule has 19 heavy (non-hydrogen) atoms. The minimum Gasteiger partial charge on any atom is -0.484 e. The Hall–Kier alpha value is -1.04. The SMILES string of the molecule is CNCCN(C)C(=O)COc1ccc(F)c(Cl)c1.Cl. The number of rotatable bonds is 6. The molecule has 1 N–H and O–H groups in total. The fraction of sp³-hybridized carbons (Fsp3) is 0.417. The van der Waals surface area contributed by atoms with Crippen LogP contribution in [0.3, 0.4) is 0 Å². The van der Waals surface area contributed by atoms with Crippen molar-refractivity contribution in [2.45, 2.75) is 0 Å². The quantitative estimate of drug-likeness (QED) is 0.873. The van der Waals surface area contributed by atoms with E-state index in [4.69, 9.17) is 16.3 Å². The van der Waals surface area contributed by atoms with E-state index in [2.05, 4.69) is 5.32 Å². The first-order valence-electron chi connectivity index (χ1n) is 5.51. The molecule has 4 nitrogen and oxygen atoms in total. The first kappa shape index (κ1) is 18.0. The number of amides is 1.